The van der Waals surface area contributed by atoms with Gasteiger partial charge in [-0.15, -0.1) is 11.3 Å². The van der Waals surface area contributed by atoms with Gasteiger partial charge in [-0.25, -0.2) is 4.79 Å². The number of ether oxygens (including phenoxy) is 1. The molecule has 1 aromatic heterocycles. The lowest BCUT2D eigenvalue weighted by molar-refractivity contribution is -0.148. The SMILES string of the molecule is COC(=O)c1ccsc1NC(=O)C1C2CCC(C2)C1C(=O)O. The molecule has 0 aromatic carbocycles. The number of carbonyl (C=O) groups excluding carboxylic acids is 2. The van der Waals surface area contributed by atoms with Gasteiger partial charge in [-0.05, 0) is 42.5 Å². The maximum atomic E-state index is 12.6. The number of thiophene rings is 1. The minimum Gasteiger partial charge on any atom is -0.481 e. The van der Waals surface area contributed by atoms with Crippen LogP contribution in [0.5, 0.6) is 0 Å². The van der Waals surface area contributed by atoms with E-state index in [0.29, 0.717) is 10.6 Å². The van der Waals surface area contributed by atoms with E-state index >= 15 is 0 Å². The highest BCUT2D eigenvalue weighted by Crippen LogP contribution is 2.52. The van der Waals surface area contributed by atoms with Crippen LogP contribution >= 0.6 is 11.3 Å². The average molecular weight is 323 g/mol. The summed E-state index contributed by atoms with van der Waals surface area (Å²) < 4.78 is 4.67. The standard InChI is InChI=1S/C15H17NO5S/c1-21-15(20)9-4-5-22-13(9)16-12(17)10-7-2-3-8(6-7)11(10)14(18)19/h4-5,7-8,10-11H,2-3,6H2,1H3,(H,16,17)(H,18,19). The van der Waals surface area contributed by atoms with E-state index < -0.39 is 23.8 Å². The van der Waals surface area contributed by atoms with Crippen LogP contribution in [-0.4, -0.2) is 30.1 Å². The molecule has 4 atom stereocenters. The predicted molar refractivity (Wildman–Crippen MR) is 79.7 cm³/mol. The predicted octanol–water partition coefficient (Wildman–Crippen LogP) is 2.22. The smallest absolute Gasteiger partial charge is 0.340 e. The van der Waals surface area contributed by atoms with Crippen LogP contribution in [0.4, 0.5) is 5.00 Å². The van der Waals surface area contributed by atoms with Crippen molar-refractivity contribution in [3.63, 3.8) is 0 Å². The van der Waals surface area contributed by atoms with Crippen LogP contribution in [-0.2, 0) is 14.3 Å². The molecule has 2 bridgehead atoms. The van der Waals surface area contributed by atoms with E-state index in [4.69, 9.17) is 0 Å². The number of fused-ring (bicyclic) bond motifs is 2. The van der Waals surface area contributed by atoms with Gasteiger partial charge < -0.3 is 15.2 Å². The van der Waals surface area contributed by atoms with Crippen LogP contribution in [0.2, 0.25) is 0 Å². The maximum absolute atomic E-state index is 12.6. The van der Waals surface area contributed by atoms with Crippen LogP contribution in [0.15, 0.2) is 11.4 Å². The summed E-state index contributed by atoms with van der Waals surface area (Å²) in [5, 5.41) is 14.3. The van der Waals surface area contributed by atoms with E-state index in [1.54, 1.807) is 11.4 Å². The third-order valence-corrected chi connectivity index (χ3v) is 5.64. The first-order valence-electron chi connectivity index (χ1n) is 7.22. The van der Waals surface area contributed by atoms with Crippen molar-refractivity contribution in [2.75, 3.05) is 12.4 Å². The summed E-state index contributed by atoms with van der Waals surface area (Å²) in [5.41, 5.74) is 0.302. The third kappa shape index (κ3) is 2.39. The van der Waals surface area contributed by atoms with Crippen LogP contribution in [0, 0.1) is 23.7 Å². The van der Waals surface area contributed by atoms with E-state index in [0.717, 1.165) is 19.3 Å². The number of methoxy groups -OCH3 is 1. The summed E-state index contributed by atoms with van der Waals surface area (Å²) in [7, 11) is 1.28. The number of aliphatic carboxylic acids is 1. The summed E-state index contributed by atoms with van der Waals surface area (Å²) in [6, 6.07) is 1.58. The van der Waals surface area contributed by atoms with Gasteiger partial charge in [0.15, 0.2) is 0 Å². The lowest BCUT2D eigenvalue weighted by Crippen LogP contribution is -2.37. The van der Waals surface area contributed by atoms with E-state index in [9.17, 15) is 19.5 Å². The van der Waals surface area contributed by atoms with Crippen LogP contribution in [0.25, 0.3) is 0 Å². The van der Waals surface area contributed by atoms with Gasteiger partial charge in [0.25, 0.3) is 0 Å². The molecule has 3 rings (SSSR count). The van der Waals surface area contributed by atoms with Gasteiger partial charge in [0, 0.05) is 0 Å². The zero-order valence-electron chi connectivity index (χ0n) is 12.1. The zero-order valence-corrected chi connectivity index (χ0v) is 12.9. The second kappa shape index (κ2) is 5.72. The fourth-order valence-electron chi connectivity index (χ4n) is 3.90. The Morgan fingerprint density at radius 3 is 2.59 bits per heavy atom. The number of hydrogen-bond donors (Lipinski definition) is 2. The summed E-state index contributed by atoms with van der Waals surface area (Å²) in [5.74, 6) is -2.60. The highest BCUT2D eigenvalue weighted by molar-refractivity contribution is 7.14. The molecule has 4 unspecified atom stereocenters. The molecule has 2 N–H and O–H groups in total. The summed E-state index contributed by atoms with van der Waals surface area (Å²) in [6.45, 7) is 0. The van der Waals surface area contributed by atoms with Crippen molar-refractivity contribution in [3.05, 3.63) is 17.0 Å². The van der Waals surface area contributed by atoms with Crippen LogP contribution < -0.4 is 5.32 Å². The lowest BCUT2D eigenvalue weighted by atomic mass is 9.79. The monoisotopic (exact) mass is 323 g/mol. The first-order chi connectivity index (χ1) is 10.5. The van der Waals surface area contributed by atoms with Crippen LogP contribution in [0.1, 0.15) is 29.6 Å². The summed E-state index contributed by atoms with van der Waals surface area (Å²) in [6.07, 6.45) is 2.60. The Labute approximate surface area is 131 Å². The Morgan fingerprint density at radius 2 is 1.95 bits per heavy atom. The molecule has 1 heterocycles. The number of esters is 1. The summed E-state index contributed by atoms with van der Waals surface area (Å²) >= 11 is 1.23. The van der Waals surface area contributed by atoms with Crippen molar-refractivity contribution >= 4 is 34.2 Å². The fourth-order valence-corrected chi connectivity index (χ4v) is 4.67. The quantitative estimate of drug-likeness (QED) is 0.829. The van der Waals surface area contributed by atoms with E-state index in [2.05, 4.69) is 10.1 Å². The molecular formula is C15H17NO5S. The highest BCUT2D eigenvalue weighted by Gasteiger charge is 2.54. The largest absolute Gasteiger partial charge is 0.481 e. The summed E-state index contributed by atoms with van der Waals surface area (Å²) in [4.78, 5) is 35.7. The van der Waals surface area contributed by atoms with Crippen molar-refractivity contribution in [3.8, 4) is 0 Å². The van der Waals surface area contributed by atoms with E-state index in [-0.39, 0.29) is 17.7 Å². The zero-order chi connectivity index (χ0) is 15.9. The van der Waals surface area contributed by atoms with Crippen LogP contribution in [0.3, 0.4) is 0 Å². The van der Waals surface area contributed by atoms with Crippen molar-refractivity contribution in [1.82, 2.24) is 0 Å². The number of nitrogens with one attached hydrogen (secondary N) is 1. The second-order valence-electron chi connectivity index (χ2n) is 5.87. The molecule has 2 aliphatic rings. The van der Waals surface area contributed by atoms with Gasteiger partial charge in [-0.2, -0.15) is 0 Å². The highest BCUT2D eigenvalue weighted by atomic mass is 32.1. The van der Waals surface area contributed by atoms with Crippen molar-refractivity contribution < 1.29 is 24.2 Å². The molecule has 118 valence electrons. The Balaban J connectivity index is 1.79. The molecule has 2 aliphatic carbocycles. The molecule has 0 radical (unpaired) electrons. The molecule has 6 nitrogen and oxygen atoms in total. The topological polar surface area (TPSA) is 92.7 Å². The van der Waals surface area contributed by atoms with Gasteiger partial charge in [0.1, 0.15) is 5.00 Å². The molecular weight excluding hydrogens is 306 g/mol. The van der Waals surface area contributed by atoms with Gasteiger partial charge in [0.05, 0.1) is 24.5 Å². The number of carboxylic acid groups (broad SMARTS) is 1. The average Bonchev–Trinajstić information content (AvgIpc) is 3.20. The van der Waals surface area contributed by atoms with Gasteiger partial charge in [-0.1, -0.05) is 0 Å². The third-order valence-electron chi connectivity index (χ3n) is 4.81. The molecule has 0 aliphatic heterocycles. The molecule has 2 fully saturated rings. The van der Waals surface area contributed by atoms with Crippen molar-refractivity contribution in [1.29, 1.82) is 0 Å². The van der Waals surface area contributed by atoms with Gasteiger partial charge in [-0.3, -0.25) is 9.59 Å². The number of carboxylic acids is 1. The maximum Gasteiger partial charge on any atom is 0.340 e. The number of amides is 1. The minimum absolute atomic E-state index is 0.0988. The molecule has 2 saturated carbocycles. The van der Waals surface area contributed by atoms with Gasteiger partial charge >= 0.3 is 11.9 Å². The lowest BCUT2D eigenvalue weighted by Gasteiger charge is -2.26. The number of anilines is 1. The molecule has 0 saturated heterocycles. The number of hydrogen-bond acceptors (Lipinski definition) is 5. The Morgan fingerprint density at radius 1 is 1.27 bits per heavy atom. The molecule has 1 amide bonds. The minimum atomic E-state index is -0.897. The van der Waals surface area contributed by atoms with Crippen molar-refractivity contribution in [2.24, 2.45) is 23.7 Å². The molecule has 22 heavy (non-hydrogen) atoms. The first-order valence-corrected chi connectivity index (χ1v) is 8.10. The number of carbonyl (C=O) groups is 3. The fraction of sp³-hybridized carbons (Fsp3) is 0.533. The van der Waals surface area contributed by atoms with Crippen molar-refractivity contribution in [2.45, 2.75) is 19.3 Å². The number of rotatable bonds is 4. The second-order valence-corrected chi connectivity index (χ2v) is 6.78. The van der Waals surface area contributed by atoms with E-state index in [1.807, 2.05) is 0 Å². The Bertz CT molecular complexity index is 625. The van der Waals surface area contributed by atoms with E-state index in [1.165, 1.54) is 18.4 Å². The van der Waals surface area contributed by atoms with Gasteiger partial charge in [0.2, 0.25) is 5.91 Å². The normalized spacial score (nSPS) is 29.3. The molecule has 7 heteroatoms. The first kappa shape index (κ1) is 15.0. The molecule has 1 aromatic rings. The Kier molecular flexibility index (Phi) is 3.90. The molecule has 0 spiro atoms. The Hall–Kier alpha value is -1.89.